The van der Waals surface area contributed by atoms with Crippen LogP contribution >= 0.6 is 0 Å². The second kappa shape index (κ2) is 1.27. The van der Waals surface area contributed by atoms with E-state index in [4.69, 9.17) is 0 Å². The summed E-state index contributed by atoms with van der Waals surface area (Å²) in [5.41, 5.74) is 0.792. The van der Waals surface area contributed by atoms with Crippen LogP contribution < -0.4 is 5.32 Å². The van der Waals surface area contributed by atoms with Crippen molar-refractivity contribution in [2.45, 2.75) is 32.2 Å². The molecule has 1 aliphatic carbocycles. The minimum Gasteiger partial charge on any atom is -0.314 e. The van der Waals surface area contributed by atoms with Crippen molar-refractivity contribution in [1.29, 1.82) is 0 Å². The van der Waals surface area contributed by atoms with Gasteiger partial charge in [0, 0.05) is 7.47 Å². The standard InChI is InChI=1S/C7H13N.H2/c1-6-7(2-3-7)4-5-8-6;/h6,8H,2-5H2,1H3;1H. The van der Waals surface area contributed by atoms with Crippen LogP contribution in [0.25, 0.3) is 0 Å². The molecule has 1 saturated heterocycles. The maximum atomic E-state index is 3.47. The molecule has 1 heteroatoms. The topological polar surface area (TPSA) is 12.0 Å². The van der Waals surface area contributed by atoms with Gasteiger partial charge in [0.05, 0.1) is 0 Å². The molecule has 1 aliphatic heterocycles. The third-order valence-corrected chi connectivity index (χ3v) is 2.88. The van der Waals surface area contributed by atoms with Crippen molar-refractivity contribution < 1.29 is 1.43 Å². The van der Waals surface area contributed by atoms with E-state index in [1.54, 1.807) is 0 Å². The third kappa shape index (κ3) is 0.455. The average molecular weight is 113 g/mol. The molecule has 1 N–H and O–H groups in total. The van der Waals surface area contributed by atoms with Crippen molar-refractivity contribution in [2.75, 3.05) is 6.54 Å². The van der Waals surface area contributed by atoms with Crippen molar-refractivity contribution in [3.63, 3.8) is 0 Å². The Labute approximate surface area is 52.0 Å². The second-order valence-corrected chi connectivity index (χ2v) is 3.29. The summed E-state index contributed by atoms with van der Waals surface area (Å²) in [6.45, 7) is 3.58. The van der Waals surface area contributed by atoms with E-state index in [0.29, 0.717) is 0 Å². The van der Waals surface area contributed by atoms with Crippen LogP contribution in [0.1, 0.15) is 27.6 Å². The molecule has 0 aromatic rings. The van der Waals surface area contributed by atoms with Gasteiger partial charge >= 0.3 is 0 Å². The molecule has 1 unspecified atom stereocenters. The van der Waals surface area contributed by atoms with E-state index in [1.165, 1.54) is 25.8 Å². The van der Waals surface area contributed by atoms with Crippen LogP contribution in [0.2, 0.25) is 0 Å². The van der Waals surface area contributed by atoms with Crippen molar-refractivity contribution >= 4 is 0 Å². The molecule has 1 spiro atoms. The lowest BCUT2D eigenvalue weighted by Crippen LogP contribution is -2.23. The zero-order valence-corrected chi connectivity index (χ0v) is 5.41. The molecule has 0 aromatic heterocycles. The molecular formula is C7H15N. The summed E-state index contributed by atoms with van der Waals surface area (Å²) >= 11 is 0. The van der Waals surface area contributed by atoms with E-state index in [9.17, 15) is 0 Å². The summed E-state index contributed by atoms with van der Waals surface area (Å²) < 4.78 is 0. The Kier molecular flexibility index (Phi) is 0.762. The summed E-state index contributed by atoms with van der Waals surface area (Å²) in [4.78, 5) is 0. The number of hydrogen-bond acceptors (Lipinski definition) is 1. The van der Waals surface area contributed by atoms with Crippen molar-refractivity contribution in [1.82, 2.24) is 5.32 Å². The van der Waals surface area contributed by atoms with Crippen molar-refractivity contribution in [3.05, 3.63) is 0 Å². The average Bonchev–Trinajstić information content (AvgIpc) is 2.39. The lowest BCUT2D eigenvalue weighted by Gasteiger charge is -2.10. The lowest BCUT2D eigenvalue weighted by atomic mass is 9.99. The van der Waals surface area contributed by atoms with E-state index in [1.807, 2.05) is 0 Å². The molecule has 1 atom stereocenters. The zero-order chi connectivity index (χ0) is 5.61. The SMILES string of the molecule is CC1NCCC12CC2.[HH]. The van der Waals surface area contributed by atoms with Gasteiger partial charge in [0.1, 0.15) is 0 Å². The molecule has 0 bridgehead atoms. The molecule has 1 nitrogen and oxygen atoms in total. The minimum atomic E-state index is 0. The van der Waals surface area contributed by atoms with Gasteiger partial charge in [-0.1, -0.05) is 0 Å². The summed E-state index contributed by atoms with van der Waals surface area (Å²) in [7, 11) is 0. The number of rotatable bonds is 0. The van der Waals surface area contributed by atoms with Gasteiger partial charge in [0.2, 0.25) is 0 Å². The molecule has 48 valence electrons. The fourth-order valence-corrected chi connectivity index (χ4v) is 1.81. The van der Waals surface area contributed by atoms with E-state index < -0.39 is 0 Å². The number of hydrogen-bond donors (Lipinski definition) is 1. The summed E-state index contributed by atoms with van der Waals surface area (Å²) in [5.74, 6) is 0. The van der Waals surface area contributed by atoms with Crippen LogP contribution in [0.3, 0.4) is 0 Å². The third-order valence-electron chi connectivity index (χ3n) is 2.88. The first kappa shape index (κ1) is 4.80. The van der Waals surface area contributed by atoms with Gasteiger partial charge in [-0.3, -0.25) is 0 Å². The molecule has 1 heterocycles. The molecule has 1 saturated carbocycles. The van der Waals surface area contributed by atoms with Crippen LogP contribution in [0.4, 0.5) is 0 Å². The van der Waals surface area contributed by atoms with E-state index in [0.717, 1.165) is 11.5 Å². The molecule has 0 radical (unpaired) electrons. The molecular weight excluding hydrogens is 98.1 g/mol. The van der Waals surface area contributed by atoms with Gasteiger partial charge < -0.3 is 5.32 Å². The van der Waals surface area contributed by atoms with E-state index >= 15 is 0 Å². The Balaban J connectivity index is 0.000000405. The smallest absolute Gasteiger partial charge is 0.00956 e. The monoisotopic (exact) mass is 113 g/mol. The van der Waals surface area contributed by atoms with Gasteiger partial charge in [-0.2, -0.15) is 0 Å². The van der Waals surface area contributed by atoms with Crippen LogP contribution in [0.5, 0.6) is 0 Å². The zero-order valence-electron chi connectivity index (χ0n) is 5.41. The maximum Gasteiger partial charge on any atom is 0.00956 e. The highest BCUT2D eigenvalue weighted by atomic mass is 15.0. The molecule has 2 aliphatic rings. The Bertz CT molecular complexity index is 109. The largest absolute Gasteiger partial charge is 0.314 e. The van der Waals surface area contributed by atoms with Crippen molar-refractivity contribution in [2.24, 2.45) is 5.41 Å². The highest BCUT2D eigenvalue weighted by molar-refractivity contribution is 5.04. The Morgan fingerprint density at radius 2 is 2.25 bits per heavy atom. The summed E-state index contributed by atoms with van der Waals surface area (Å²) in [6.07, 6.45) is 4.41. The lowest BCUT2D eigenvalue weighted by molar-refractivity contribution is 0.458. The number of nitrogens with one attached hydrogen (secondary N) is 1. The van der Waals surface area contributed by atoms with Gasteiger partial charge in [0.25, 0.3) is 0 Å². The van der Waals surface area contributed by atoms with Crippen LogP contribution in [-0.4, -0.2) is 12.6 Å². The Hall–Kier alpha value is -0.0400. The van der Waals surface area contributed by atoms with Gasteiger partial charge in [-0.15, -0.1) is 0 Å². The molecule has 0 aromatic carbocycles. The Morgan fingerprint density at radius 3 is 2.50 bits per heavy atom. The molecule has 8 heavy (non-hydrogen) atoms. The van der Waals surface area contributed by atoms with E-state index in [2.05, 4.69) is 12.2 Å². The normalized spacial score (nSPS) is 40.9. The summed E-state index contributed by atoms with van der Waals surface area (Å²) in [6, 6.07) is 0.822. The van der Waals surface area contributed by atoms with E-state index in [-0.39, 0.29) is 1.43 Å². The summed E-state index contributed by atoms with van der Waals surface area (Å²) in [5, 5.41) is 3.47. The fraction of sp³-hybridized carbons (Fsp3) is 1.00. The highest BCUT2D eigenvalue weighted by Gasteiger charge is 2.49. The highest BCUT2D eigenvalue weighted by Crippen LogP contribution is 2.53. The van der Waals surface area contributed by atoms with Gasteiger partial charge in [-0.25, -0.2) is 0 Å². The molecule has 2 fully saturated rings. The molecule has 0 amide bonds. The minimum absolute atomic E-state index is 0. The first-order valence-corrected chi connectivity index (χ1v) is 3.57. The first-order valence-electron chi connectivity index (χ1n) is 3.57. The van der Waals surface area contributed by atoms with Crippen molar-refractivity contribution in [3.8, 4) is 0 Å². The van der Waals surface area contributed by atoms with Crippen LogP contribution in [-0.2, 0) is 0 Å². The van der Waals surface area contributed by atoms with Gasteiger partial charge in [-0.05, 0) is 38.1 Å². The second-order valence-electron chi connectivity index (χ2n) is 3.29. The Morgan fingerprint density at radius 1 is 1.50 bits per heavy atom. The van der Waals surface area contributed by atoms with Gasteiger partial charge in [0.15, 0.2) is 0 Å². The predicted octanol–water partition coefficient (Wildman–Crippen LogP) is 1.39. The molecule has 2 rings (SSSR count). The van der Waals surface area contributed by atoms with Crippen LogP contribution in [0.15, 0.2) is 0 Å². The fourth-order valence-electron chi connectivity index (χ4n) is 1.81. The maximum absolute atomic E-state index is 3.47. The van der Waals surface area contributed by atoms with Crippen LogP contribution in [0, 0.1) is 5.41 Å². The quantitative estimate of drug-likeness (QED) is 0.500. The first-order chi connectivity index (χ1) is 3.83. The predicted molar refractivity (Wildman–Crippen MR) is 35.9 cm³/mol.